The van der Waals surface area contributed by atoms with Gasteiger partial charge in [-0.1, -0.05) is 66.3 Å². The number of benzene rings is 1. The van der Waals surface area contributed by atoms with Gasteiger partial charge in [0.2, 0.25) is 0 Å². The van der Waals surface area contributed by atoms with E-state index in [1.807, 2.05) is 0 Å². The first-order valence-corrected chi connectivity index (χ1v) is 7.98. The number of rotatable bonds is 8. The Morgan fingerprint density at radius 2 is 1.78 bits per heavy atom. The second-order valence-corrected chi connectivity index (χ2v) is 5.77. The van der Waals surface area contributed by atoms with Crippen molar-refractivity contribution < 1.29 is 9.47 Å². The molecule has 1 aromatic carbocycles. The van der Waals surface area contributed by atoms with Gasteiger partial charge in [0.25, 0.3) is 0 Å². The molecule has 0 N–H and O–H groups in total. The third-order valence-corrected chi connectivity index (χ3v) is 3.39. The highest BCUT2D eigenvalue weighted by atomic mass is 127. The van der Waals surface area contributed by atoms with Crippen LogP contribution < -0.4 is 0 Å². The second-order valence-electron chi connectivity index (χ2n) is 4.89. The lowest BCUT2D eigenvalue weighted by Gasteiger charge is -2.16. The van der Waals surface area contributed by atoms with Crippen molar-refractivity contribution in [2.45, 2.75) is 26.9 Å². The van der Waals surface area contributed by atoms with E-state index in [0.29, 0.717) is 19.1 Å². The summed E-state index contributed by atoms with van der Waals surface area (Å²) in [5, 5.41) is 0. The second kappa shape index (κ2) is 8.88. The van der Waals surface area contributed by atoms with E-state index >= 15 is 0 Å². The largest absolute Gasteiger partial charge is 0.379 e. The fourth-order valence-electron chi connectivity index (χ4n) is 1.58. The maximum absolute atomic E-state index is 5.87. The number of aryl methyl sites for hydroxylation is 1. The average Bonchev–Trinajstić information content (AvgIpc) is 2.35. The maximum Gasteiger partial charge on any atom is 0.0915 e. The summed E-state index contributed by atoms with van der Waals surface area (Å²) >= 11 is 2.37. The van der Waals surface area contributed by atoms with Crippen LogP contribution >= 0.6 is 22.6 Å². The zero-order valence-corrected chi connectivity index (χ0v) is 13.6. The van der Waals surface area contributed by atoms with Gasteiger partial charge < -0.3 is 9.47 Å². The Kier molecular flexibility index (Phi) is 7.86. The first-order valence-electron chi connectivity index (χ1n) is 6.45. The highest BCUT2D eigenvalue weighted by Crippen LogP contribution is 2.20. The van der Waals surface area contributed by atoms with Gasteiger partial charge in [-0.15, -0.1) is 0 Å². The Hall–Kier alpha value is -0.130. The summed E-state index contributed by atoms with van der Waals surface area (Å²) in [6, 6.07) is 8.56. The van der Waals surface area contributed by atoms with E-state index in [1.54, 1.807) is 0 Å². The molecule has 0 amide bonds. The van der Waals surface area contributed by atoms with Crippen LogP contribution in [-0.4, -0.2) is 24.2 Å². The summed E-state index contributed by atoms with van der Waals surface area (Å²) in [6.45, 7) is 8.55. The van der Waals surface area contributed by atoms with Crippen LogP contribution in [0.3, 0.4) is 0 Å². The first kappa shape index (κ1) is 15.9. The molecule has 0 radical (unpaired) electrons. The summed E-state index contributed by atoms with van der Waals surface area (Å²) in [6.07, 6.45) is 0.175. The van der Waals surface area contributed by atoms with Crippen LogP contribution in [0.15, 0.2) is 24.3 Å². The van der Waals surface area contributed by atoms with E-state index in [-0.39, 0.29) is 6.10 Å². The molecular weight excluding hydrogens is 339 g/mol. The number of ether oxygens (including phenoxy) is 2. The molecule has 0 aromatic heterocycles. The van der Waals surface area contributed by atoms with E-state index in [1.165, 1.54) is 11.1 Å². The zero-order valence-electron chi connectivity index (χ0n) is 11.5. The minimum Gasteiger partial charge on any atom is -0.379 e. The lowest BCUT2D eigenvalue weighted by molar-refractivity contribution is 0.00819. The van der Waals surface area contributed by atoms with Crippen molar-refractivity contribution in [1.82, 2.24) is 0 Å². The van der Waals surface area contributed by atoms with Gasteiger partial charge in [0.05, 0.1) is 19.3 Å². The molecule has 0 saturated heterocycles. The van der Waals surface area contributed by atoms with Crippen molar-refractivity contribution in [3.63, 3.8) is 0 Å². The number of halogens is 1. The van der Waals surface area contributed by atoms with Crippen molar-refractivity contribution in [2.24, 2.45) is 5.92 Å². The standard InChI is InChI=1S/C15H23IO2/c1-12(2)11-17-8-9-18-15(10-16)14-6-4-13(3)5-7-14/h4-7,12,15H,8-11H2,1-3H3. The minimum atomic E-state index is 0.175. The summed E-state index contributed by atoms with van der Waals surface area (Å²) in [4.78, 5) is 0. The van der Waals surface area contributed by atoms with E-state index in [2.05, 4.69) is 67.6 Å². The molecular formula is C15H23IO2. The molecule has 18 heavy (non-hydrogen) atoms. The van der Waals surface area contributed by atoms with E-state index in [4.69, 9.17) is 9.47 Å². The van der Waals surface area contributed by atoms with Gasteiger partial charge in [0.15, 0.2) is 0 Å². The fraction of sp³-hybridized carbons (Fsp3) is 0.600. The lowest BCUT2D eigenvalue weighted by Crippen LogP contribution is -2.12. The maximum atomic E-state index is 5.87. The molecule has 0 aliphatic rings. The molecule has 1 rings (SSSR count). The van der Waals surface area contributed by atoms with Crippen LogP contribution in [0.1, 0.15) is 31.1 Å². The van der Waals surface area contributed by atoms with E-state index < -0.39 is 0 Å². The van der Waals surface area contributed by atoms with Gasteiger partial charge in [-0.05, 0) is 18.4 Å². The van der Waals surface area contributed by atoms with Crippen molar-refractivity contribution in [3.05, 3.63) is 35.4 Å². The molecule has 0 heterocycles. The van der Waals surface area contributed by atoms with Crippen molar-refractivity contribution in [3.8, 4) is 0 Å². The highest BCUT2D eigenvalue weighted by molar-refractivity contribution is 14.1. The Bertz CT molecular complexity index is 322. The predicted molar refractivity (Wildman–Crippen MR) is 84.4 cm³/mol. The van der Waals surface area contributed by atoms with Crippen LogP contribution in [0.5, 0.6) is 0 Å². The Morgan fingerprint density at radius 3 is 2.33 bits per heavy atom. The van der Waals surface area contributed by atoms with Crippen molar-refractivity contribution >= 4 is 22.6 Å². The van der Waals surface area contributed by atoms with Crippen LogP contribution in [0.4, 0.5) is 0 Å². The van der Waals surface area contributed by atoms with Gasteiger partial charge in [-0.3, -0.25) is 0 Å². The van der Waals surface area contributed by atoms with E-state index in [0.717, 1.165) is 11.0 Å². The molecule has 1 aromatic rings. The van der Waals surface area contributed by atoms with Gasteiger partial charge in [-0.25, -0.2) is 0 Å². The van der Waals surface area contributed by atoms with Crippen LogP contribution in [-0.2, 0) is 9.47 Å². The van der Waals surface area contributed by atoms with Crippen molar-refractivity contribution in [2.75, 3.05) is 24.2 Å². The Labute approximate surface area is 124 Å². The highest BCUT2D eigenvalue weighted by Gasteiger charge is 2.09. The quantitative estimate of drug-likeness (QED) is 0.393. The van der Waals surface area contributed by atoms with Gasteiger partial charge in [0, 0.05) is 11.0 Å². The van der Waals surface area contributed by atoms with E-state index in [9.17, 15) is 0 Å². The lowest BCUT2D eigenvalue weighted by atomic mass is 10.1. The molecule has 0 bridgehead atoms. The number of hydrogen-bond acceptors (Lipinski definition) is 2. The fourth-order valence-corrected chi connectivity index (χ4v) is 2.34. The summed E-state index contributed by atoms with van der Waals surface area (Å²) in [7, 11) is 0. The summed E-state index contributed by atoms with van der Waals surface area (Å²) in [5.74, 6) is 0.586. The Morgan fingerprint density at radius 1 is 1.11 bits per heavy atom. The van der Waals surface area contributed by atoms with Crippen molar-refractivity contribution in [1.29, 1.82) is 0 Å². The molecule has 0 spiro atoms. The molecule has 102 valence electrons. The summed E-state index contributed by atoms with van der Waals surface area (Å²) < 4.78 is 12.3. The van der Waals surface area contributed by atoms with Crippen LogP contribution in [0.25, 0.3) is 0 Å². The molecule has 0 saturated carbocycles. The van der Waals surface area contributed by atoms with Gasteiger partial charge in [-0.2, -0.15) is 0 Å². The number of alkyl halides is 1. The smallest absolute Gasteiger partial charge is 0.0915 e. The Balaban J connectivity index is 2.31. The van der Waals surface area contributed by atoms with Gasteiger partial charge >= 0.3 is 0 Å². The third-order valence-electron chi connectivity index (χ3n) is 2.59. The molecule has 0 fully saturated rings. The normalized spacial score (nSPS) is 12.9. The molecule has 0 aliphatic heterocycles. The molecule has 3 heteroatoms. The average molecular weight is 362 g/mol. The molecule has 1 atom stereocenters. The SMILES string of the molecule is Cc1ccc(C(CI)OCCOCC(C)C)cc1. The first-order chi connectivity index (χ1) is 8.63. The van der Waals surface area contributed by atoms with Crippen LogP contribution in [0.2, 0.25) is 0 Å². The zero-order chi connectivity index (χ0) is 13.4. The van der Waals surface area contributed by atoms with Crippen LogP contribution in [0, 0.1) is 12.8 Å². The molecule has 2 nitrogen and oxygen atoms in total. The third kappa shape index (κ3) is 6.16. The molecule has 1 unspecified atom stereocenters. The predicted octanol–water partition coefficient (Wildman–Crippen LogP) is 4.16. The topological polar surface area (TPSA) is 18.5 Å². The van der Waals surface area contributed by atoms with Gasteiger partial charge in [0.1, 0.15) is 0 Å². The number of hydrogen-bond donors (Lipinski definition) is 0. The monoisotopic (exact) mass is 362 g/mol. The minimum absolute atomic E-state index is 0.175. The molecule has 0 aliphatic carbocycles. The summed E-state index contributed by atoms with van der Waals surface area (Å²) in [5.41, 5.74) is 2.53.